The second kappa shape index (κ2) is 6.13. The minimum absolute atomic E-state index is 0.256. The van der Waals surface area contributed by atoms with E-state index in [0.29, 0.717) is 12.8 Å². The van der Waals surface area contributed by atoms with Gasteiger partial charge in [0.25, 0.3) is 0 Å². The van der Waals surface area contributed by atoms with Gasteiger partial charge in [0.15, 0.2) is 0 Å². The number of carboxylic acid groups (broad SMARTS) is 1. The molecule has 1 saturated carbocycles. The van der Waals surface area contributed by atoms with Gasteiger partial charge in [0.05, 0.1) is 13.7 Å². The van der Waals surface area contributed by atoms with Gasteiger partial charge < -0.3 is 19.9 Å². The van der Waals surface area contributed by atoms with Crippen LogP contribution < -0.4 is 10.1 Å². The number of hydrogen-bond acceptors (Lipinski definition) is 4. The summed E-state index contributed by atoms with van der Waals surface area (Å²) < 4.78 is 10.6. The number of hydrogen-bond donors (Lipinski definition) is 2. The van der Waals surface area contributed by atoms with Gasteiger partial charge in [-0.2, -0.15) is 0 Å². The van der Waals surface area contributed by atoms with Crippen LogP contribution in [-0.4, -0.2) is 35.7 Å². The average Bonchev–Trinajstić information content (AvgIpc) is 3.25. The van der Waals surface area contributed by atoms with Gasteiger partial charge in [-0.3, -0.25) is 4.79 Å². The first-order valence-corrected chi connectivity index (χ1v) is 6.77. The standard InChI is InChI=1S/C15H19NO5/c1-10(13(17)16-15(6-7-15)14(18)19)21-9-11-4-3-5-12(8-11)20-2/h3-5,8,10H,6-7,9H2,1-2H3,(H,16,17)(H,18,19). The van der Waals surface area contributed by atoms with E-state index in [4.69, 9.17) is 14.6 Å². The summed E-state index contributed by atoms with van der Waals surface area (Å²) in [6, 6.07) is 7.35. The number of amides is 1. The first-order valence-electron chi connectivity index (χ1n) is 6.77. The Hall–Kier alpha value is -2.08. The summed E-state index contributed by atoms with van der Waals surface area (Å²) in [4.78, 5) is 22.9. The molecule has 1 amide bonds. The number of ether oxygens (including phenoxy) is 2. The molecule has 0 aromatic heterocycles. The Labute approximate surface area is 123 Å². The molecule has 0 radical (unpaired) electrons. The molecule has 1 aliphatic rings. The molecule has 1 aromatic carbocycles. The molecule has 2 rings (SSSR count). The third-order valence-electron chi connectivity index (χ3n) is 3.53. The van der Waals surface area contributed by atoms with Gasteiger partial charge >= 0.3 is 5.97 Å². The van der Waals surface area contributed by atoms with Crippen molar-refractivity contribution in [2.75, 3.05) is 7.11 Å². The summed E-state index contributed by atoms with van der Waals surface area (Å²) in [6.07, 6.45) is 0.223. The van der Waals surface area contributed by atoms with Crippen molar-refractivity contribution in [2.45, 2.75) is 38.0 Å². The number of carbonyl (C=O) groups excluding carboxylic acids is 1. The lowest BCUT2D eigenvalue weighted by Crippen LogP contribution is -2.47. The molecular formula is C15H19NO5. The second-order valence-electron chi connectivity index (χ2n) is 5.18. The molecule has 1 atom stereocenters. The molecule has 0 aliphatic heterocycles. The molecule has 21 heavy (non-hydrogen) atoms. The van der Waals surface area contributed by atoms with Gasteiger partial charge in [-0.1, -0.05) is 12.1 Å². The van der Waals surface area contributed by atoms with Gasteiger partial charge in [0.2, 0.25) is 5.91 Å². The molecule has 0 saturated heterocycles. The molecule has 114 valence electrons. The molecule has 6 heteroatoms. The number of methoxy groups -OCH3 is 1. The van der Waals surface area contributed by atoms with Gasteiger partial charge in [-0.05, 0) is 37.5 Å². The maximum Gasteiger partial charge on any atom is 0.329 e. The molecule has 1 unspecified atom stereocenters. The molecule has 0 spiro atoms. The minimum atomic E-state index is -1.08. The predicted molar refractivity (Wildman–Crippen MR) is 75.0 cm³/mol. The Morgan fingerprint density at radius 3 is 2.71 bits per heavy atom. The third kappa shape index (κ3) is 3.72. The van der Waals surface area contributed by atoms with Crippen LogP contribution in [0.4, 0.5) is 0 Å². The summed E-state index contributed by atoms with van der Waals surface area (Å²) in [7, 11) is 1.58. The average molecular weight is 293 g/mol. The fourth-order valence-corrected chi connectivity index (χ4v) is 1.91. The Morgan fingerprint density at radius 2 is 2.14 bits per heavy atom. The van der Waals surface area contributed by atoms with Gasteiger partial charge in [-0.15, -0.1) is 0 Å². The fraction of sp³-hybridized carbons (Fsp3) is 0.467. The zero-order valence-corrected chi connectivity index (χ0v) is 12.1. The normalized spacial score (nSPS) is 16.9. The molecule has 0 bridgehead atoms. The highest BCUT2D eigenvalue weighted by atomic mass is 16.5. The molecule has 1 fully saturated rings. The lowest BCUT2D eigenvalue weighted by Gasteiger charge is -2.17. The van der Waals surface area contributed by atoms with Crippen LogP contribution in [0.3, 0.4) is 0 Å². The SMILES string of the molecule is COc1cccc(COC(C)C(=O)NC2(C(=O)O)CC2)c1. The van der Waals surface area contributed by atoms with E-state index in [0.717, 1.165) is 11.3 Å². The van der Waals surface area contributed by atoms with E-state index in [2.05, 4.69) is 5.32 Å². The highest BCUT2D eigenvalue weighted by Crippen LogP contribution is 2.35. The van der Waals surface area contributed by atoms with Crippen LogP contribution in [0.15, 0.2) is 24.3 Å². The summed E-state index contributed by atoms with van der Waals surface area (Å²) in [5.41, 5.74) is -0.196. The molecule has 2 N–H and O–H groups in total. The number of rotatable bonds is 7. The third-order valence-corrected chi connectivity index (χ3v) is 3.53. The molecule has 0 heterocycles. The minimum Gasteiger partial charge on any atom is -0.497 e. The van der Waals surface area contributed by atoms with Crippen LogP contribution in [0.5, 0.6) is 5.75 Å². The van der Waals surface area contributed by atoms with Crippen molar-refractivity contribution in [1.82, 2.24) is 5.32 Å². The molecule has 1 aromatic rings. The van der Waals surface area contributed by atoms with Crippen LogP contribution in [0.1, 0.15) is 25.3 Å². The van der Waals surface area contributed by atoms with Gasteiger partial charge in [0, 0.05) is 0 Å². The van der Waals surface area contributed by atoms with Crippen LogP contribution in [0, 0.1) is 0 Å². The predicted octanol–water partition coefficient (Wildman–Crippen LogP) is 1.33. The molecular weight excluding hydrogens is 274 g/mol. The van der Waals surface area contributed by atoms with E-state index in [1.807, 2.05) is 24.3 Å². The highest BCUT2D eigenvalue weighted by molar-refractivity contribution is 5.91. The number of nitrogens with one attached hydrogen (secondary N) is 1. The van der Waals surface area contributed by atoms with Crippen LogP contribution >= 0.6 is 0 Å². The first-order chi connectivity index (χ1) is 9.97. The van der Waals surface area contributed by atoms with Crippen LogP contribution in [-0.2, 0) is 20.9 Å². The zero-order chi connectivity index (χ0) is 15.5. The zero-order valence-electron chi connectivity index (χ0n) is 12.1. The lowest BCUT2D eigenvalue weighted by molar-refractivity contribution is -0.145. The van der Waals surface area contributed by atoms with E-state index >= 15 is 0 Å². The monoisotopic (exact) mass is 293 g/mol. The Morgan fingerprint density at radius 1 is 1.43 bits per heavy atom. The van der Waals surface area contributed by atoms with E-state index in [9.17, 15) is 9.59 Å². The van der Waals surface area contributed by atoms with Crippen molar-refractivity contribution in [2.24, 2.45) is 0 Å². The number of carbonyl (C=O) groups is 2. The van der Waals surface area contributed by atoms with Crippen molar-refractivity contribution in [3.63, 3.8) is 0 Å². The van der Waals surface area contributed by atoms with E-state index < -0.39 is 23.5 Å². The summed E-state index contributed by atoms with van der Waals surface area (Å²) in [6.45, 7) is 1.86. The van der Waals surface area contributed by atoms with Crippen molar-refractivity contribution in [3.05, 3.63) is 29.8 Å². The summed E-state index contributed by atoms with van der Waals surface area (Å²) in [5, 5.41) is 11.6. The topological polar surface area (TPSA) is 84.9 Å². The van der Waals surface area contributed by atoms with E-state index in [1.54, 1.807) is 14.0 Å². The largest absolute Gasteiger partial charge is 0.497 e. The summed E-state index contributed by atoms with van der Waals surface area (Å²) in [5.74, 6) is -0.676. The number of benzene rings is 1. The Bertz CT molecular complexity index is 539. The van der Waals surface area contributed by atoms with E-state index in [-0.39, 0.29) is 6.61 Å². The van der Waals surface area contributed by atoms with Crippen molar-refractivity contribution < 1.29 is 24.2 Å². The quantitative estimate of drug-likeness (QED) is 0.792. The molecule has 1 aliphatic carbocycles. The molecule has 6 nitrogen and oxygen atoms in total. The van der Waals surface area contributed by atoms with E-state index in [1.165, 1.54) is 0 Å². The van der Waals surface area contributed by atoms with Crippen molar-refractivity contribution >= 4 is 11.9 Å². The first kappa shape index (κ1) is 15.3. The maximum absolute atomic E-state index is 11.9. The second-order valence-corrected chi connectivity index (χ2v) is 5.18. The lowest BCUT2D eigenvalue weighted by atomic mass is 10.2. The van der Waals surface area contributed by atoms with Gasteiger partial charge in [-0.25, -0.2) is 4.79 Å². The van der Waals surface area contributed by atoms with Crippen LogP contribution in [0.2, 0.25) is 0 Å². The number of aliphatic carboxylic acids is 1. The van der Waals surface area contributed by atoms with Crippen LogP contribution in [0.25, 0.3) is 0 Å². The van der Waals surface area contributed by atoms with Crippen molar-refractivity contribution in [1.29, 1.82) is 0 Å². The smallest absolute Gasteiger partial charge is 0.329 e. The number of carboxylic acids is 1. The fourth-order valence-electron chi connectivity index (χ4n) is 1.91. The highest BCUT2D eigenvalue weighted by Gasteiger charge is 2.52. The van der Waals surface area contributed by atoms with Crippen molar-refractivity contribution in [3.8, 4) is 5.75 Å². The van der Waals surface area contributed by atoms with Gasteiger partial charge in [0.1, 0.15) is 17.4 Å². The summed E-state index contributed by atoms with van der Waals surface area (Å²) >= 11 is 0. The maximum atomic E-state index is 11.9. The Kier molecular flexibility index (Phi) is 4.47. The Balaban J connectivity index is 1.85.